The summed E-state index contributed by atoms with van der Waals surface area (Å²) in [5.41, 5.74) is 1.87. The minimum Gasteiger partial charge on any atom is -0.286 e. The van der Waals surface area contributed by atoms with Crippen LogP contribution in [0.4, 0.5) is 0 Å². The van der Waals surface area contributed by atoms with E-state index in [1.54, 1.807) is 0 Å². The molecule has 0 amide bonds. The van der Waals surface area contributed by atoms with Crippen LogP contribution in [0.25, 0.3) is 5.65 Å². The Hall–Kier alpha value is -1.09. The molecule has 2 aromatic heterocycles. The van der Waals surface area contributed by atoms with E-state index >= 15 is 0 Å². The maximum atomic E-state index is 5.73. The molecule has 0 fully saturated rings. The van der Waals surface area contributed by atoms with Gasteiger partial charge in [0.1, 0.15) is 5.82 Å². The molecule has 4 heteroatoms. The Balaban J connectivity index is 2.81. The normalized spacial score (nSPS) is 10.8. The van der Waals surface area contributed by atoms with Gasteiger partial charge in [0.05, 0.1) is 5.88 Å². The van der Waals surface area contributed by atoms with E-state index < -0.39 is 0 Å². The van der Waals surface area contributed by atoms with Crippen molar-refractivity contribution in [1.82, 2.24) is 14.6 Å². The SMILES string of the molecule is Cc1nnc2c(CCl)cccn12. The topological polar surface area (TPSA) is 30.2 Å². The van der Waals surface area contributed by atoms with Gasteiger partial charge in [-0.2, -0.15) is 0 Å². The third-order valence-electron chi connectivity index (χ3n) is 1.83. The van der Waals surface area contributed by atoms with Crippen LogP contribution in [0.15, 0.2) is 18.3 Å². The quantitative estimate of drug-likeness (QED) is 0.628. The summed E-state index contributed by atoms with van der Waals surface area (Å²) in [6.07, 6.45) is 1.93. The number of hydrogen-bond donors (Lipinski definition) is 0. The average Bonchev–Trinajstić information content (AvgIpc) is 2.48. The fourth-order valence-electron chi connectivity index (χ4n) is 1.19. The molecule has 0 radical (unpaired) electrons. The molecule has 3 nitrogen and oxygen atoms in total. The number of aromatic nitrogens is 3. The predicted molar refractivity (Wildman–Crippen MR) is 47.3 cm³/mol. The van der Waals surface area contributed by atoms with Gasteiger partial charge in [-0.15, -0.1) is 21.8 Å². The number of hydrogen-bond acceptors (Lipinski definition) is 2. The molecular formula is C8H8ClN3. The molecule has 12 heavy (non-hydrogen) atoms. The third-order valence-corrected chi connectivity index (χ3v) is 2.12. The first-order valence-electron chi connectivity index (χ1n) is 3.68. The lowest BCUT2D eigenvalue weighted by Crippen LogP contribution is -1.90. The molecule has 2 aromatic rings. The van der Waals surface area contributed by atoms with Gasteiger partial charge in [-0.05, 0) is 13.0 Å². The van der Waals surface area contributed by atoms with E-state index in [9.17, 15) is 0 Å². The van der Waals surface area contributed by atoms with Crippen LogP contribution in [0.3, 0.4) is 0 Å². The van der Waals surface area contributed by atoms with Crippen molar-refractivity contribution in [2.75, 3.05) is 0 Å². The number of aryl methyl sites for hydroxylation is 1. The molecule has 0 aromatic carbocycles. The van der Waals surface area contributed by atoms with Crippen molar-refractivity contribution >= 4 is 17.2 Å². The summed E-state index contributed by atoms with van der Waals surface area (Å²) >= 11 is 5.73. The van der Waals surface area contributed by atoms with Crippen molar-refractivity contribution < 1.29 is 0 Å². The second kappa shape index (κ2) is 2.75. The Bertz CT molecular complexity index is 408. The minimum absolute atomic E-state index is 0.475. The molecule has 0 aliphatic heterocycles. The highest BCUT2D eigenvalue weighted by molar-refractivity contribution is 6.17. The Labute approximate surface area is 75.0 Å². The van der Waals surface area contributed by atoms with Crippen LogP contribution in [0, 0.1) is 6.92 Å². The summed E-state index contributed by atoms with van der Waals surface area (Å²) in [6.45, 7) is 1.91. The highest BCUT2D eigenvalue weighted by Gasteiger charge is 2.03. The van der Waals surface area contributed by atoms with Crippen LogP contribution in [0.5, 0.6) is 0 Å². The van der Waals surface area contributed by atoms with Gasteiger partial charge in [0.2, 0.25) is 0 Å². The Kier molecular flexibility index (Phi) is 1.73. The van der Waals surface area contributed by atoms with Crippen LogP contribution < -0.4 is 0 Å². The number of fused-ring (bicyclic) bond motifs is 1. The molecule has 0 spiro atoms. The van der Waals surface area contributed by atoms with Gasteiger partial charge >= 0.3 is 0 Å². The monoisotopic (exact) mass is 181 g/mol. The van der Waals surface area contributed by atoms with Crippen molar-refractivity contribution in [3.63, 3.8) is 0 Å². The van der Waals surface area contributed by atoms with E-state index in [1.165, 1.54) is 0 Å². The number of nitrogens with zero attached hydrogens (tertiary/aromatic N) is 3. The Morgan fingerprint density at radius 3 is 3.08 bits per heavy atom. The lowest BCUT2D eigenvalue weighted by atomic mass is 10.3. The van der Waals surface area contributed by atoms with E-state index in [2.05, 4.69) is 10.2 Å². The Morgan fingerprint density at radius 1 is 1.50 bits per heavy atom. The molecule has 2 heterocycles. The number of rotatable bonds is 1. The first-order chi connectivity index (χ1) is 5.83. The average molecular weight is 182 g/mol. The van der Waals surface area contributed by atoms with Crippen LogP contribution in [-0.4, -0.2) is 14.6 Å². The van der Waals surface area contributed by atoms with E-state index in [0.29, 0.717) is 5.88 Å². The highest BCUT2D eigenvalue weighted by Crippen LogP contribution is 2.11. The summed E-state index contributed by atoms with van der Waals surface area (Å²) in [5.74, 6) is 1.36. The zero-order valence-electron chi connectivity index (χ0n) is 6.66. The number of pyridine rings is 1. The first kappa shape index (κ1) is 7.55. The summed E-state index contributed by atoms with van der Waals surface area (Å²) in [6, 6.07) is 3.90. The van der Waals surface area contributed by atoms with Crippen molar-refractivity contribution in [3.8, 4) is 0 Å². The van der Waals surface area contributed by atoms with Crippen molar-refractivity contribution in [3.05, 3.63) is 29.7 Å². The Morgan fingerprint density at radius 2 is 2.33 bits per heavy atom. The fraction of sp³-hybridized carbons (Fsp3) is 0.250. The zero-order valence-corrected chi connectivity index (χ0v) is 7.41. The van der Waals surface area contributed by atoms with Gasteiger partial charge in [0.15, 0.2) is 5.65 Å². The molecule has 0 saturated carbocycles. The lowest BCUT2D eigenvalue weighted by molar-refractivity contribution is 1.01. The largest absolute Gasteiger partial charge is 0.286 e. The fourth-order valence-corrected chi connectivity index (χ4v) is 1.40. The van der Waals surface area contributed by atoms with E-state index in [-0.39, 0.29) is 0 Å². The van der Waals surface area contributed by atoms with Gasteiger partial charge in [-0.3, -0.25) is 4.40 Å². The lowest BCUT2D eigenvalue weighted by Gasteiger charge is -1.97. The third kappa shape index (κ3) is 0.975. The zero-order chi connectivity index (χ0) is 8.55. The molecule has 62 valence electrons. The minimum atomic E-state index is 0.475. The van der Waals surface area contributed by atoms with Gasteiger partial charge in [-0.25, -0.2) is 0 Å². The molecule has 0 atom stereocenters. The molecule has 0 aliphatic rings. The molecule has 0 bridgehead atoms. The molecular weight excluding hydrogens is 174 g/mol. The smallest absolute Gasteiger partial charge is 0.165 e. The summed E-state index contributed by atoms with van der Waals surface area (Å²) < 4.78 is 1.93. The molecule has 0 aliphatic carbocycles. The second-order valence-corrected chi connectivity index (χ2v) is 2.88. The van der Waals surface area contributed by atoms with Gasteiger partial charge < -0.3 is 0 Å². The molecule has 0 N–H and O–H groups in total. The number of alkyl halides is 1. The second-order valence-electron chi connectivity index (χ2n) is 2.61. The predicted octanol–water partition coefficient (Wildman–Crippen LogP) is 1.78. The summed E-state index contributed by atoms with van der Waals surface area (Å²) in [5, 5.41) is 7.98. The van der Waals surface area contributed by atoms with Crippen molar-refractivity contribution in [2.45, 2.75) is 12.8 Å². The van der Waals surface area contributed by atoms with Crippen LogP contribution >= 0.6 is 11.6 Å². The first-order valence-corrected chi connectivity index (χ1v) is 4.21. The van der Waals surface area contributed by atoms with Crippen LogP contribution in [0.2, 0.25) is 0 Å². The van der Waals surface area contributed by atoms with Gasteiger partial charge in [-0.1, -0.05) is 6.07 Å². The van der Waals surface area contributed by atoms with E-state index in [1.807, 2.05) is 29.7 Å². The van der Waals surface area contributed by atoms with Crippen LogP contribution in [0.1, 0.15) is 11.4 Å². The van der Waals surface area contributed by atoms with E-state index in [4.69, 9.17) is 11.6 Å². The summed E-state index contributed by atoms with van der Waals surface area (Å²) in [4.78, 5) is 0. The number of halogens is 1. The van der Waals surface area contributed by atoms with Crippen molar-refractivity contribution in [1.29, 1.82) is 0 Å². The van der Waals surface area contributed by atoms with Gasteiger partial charge in [0, 0.05) is 11.8 Å². The standard InChI is InChI=1S/C8H8ClN3/c1-6-10-11-8-7(5-9)3-2-4-12(6)8/h2-4H,5H2,1H3. The molecule has 0 saturated heterocycles. The maximum Gasteiger partial charge on any atom is 0.165 e. The molecule has 0 unspecified atom stereocenters. The van der Waals surface area contributed by atoms with Crippen LogP contribution in [-0.2, 0) is 5.88 Å². The summed E-state index contributed by atoms with van der Waals surface area (Å²) in [7, 11) is 0. The molecule has 2 rings (SSSR count). The highest BCUT2D eigenvalue weighted by atomic mass is 35.5. The van der Waals surface area contributed by atoms with Crippen molar-refractivity contribution in [2.24, 2.45) is 0 Å². The van der Waals surface area contributed by atoms with E-state index in [0.717, 1.165) is 17.0 Å². The maximum absolute atomic E-state index is 5.73. The van der Waals surface area contributed by atoms with Gasteiger partial charge in [0.25, 0.3) is 0 Å².